The number of nitrogens with one attached hydrogen (secondary N) is 2. The molecule has 0 aliphatic rings. The third-order valence-electron chi connectivity index (χ3n) is 4.75. The number of aryl methyl sites for hydroxylation is 2. The zero-order valence-corrected chi connectivity index (χ0v) is 18.9. The van der Waals surface area contributed by atoms with Gasteiger partial charge >= 0.3 is 0 Å². The summed E-state index contributed by atoms with van der Waals surface area (Å²) in [5.74, 6) is 0.378. The molecule has 7 heteroatoms. The first-order valence-corrected chi connectivity index (χ1v) is 10.4. The number of hydrogen-bond acceptors (Lipinski definition) is 5. The van der Waals surface area contributed by atoms with E-state index in [0.29, 0.717) is 17.1 Å². The molecule has 2 atom stereocenters. The molecule has 0 radical (unpaired) electrons. The van der Waals surface area contributed by atoms with E-state index in [2.05, 4.69) is 23.6 Å². The van der Waals surface area contributed by atoms with Crippen LogP contribution in [-0.2, 0) is 4.79 Å². The molecule has 0 bridgehead atoms. The van der Waals surface area contributed by atoms with Gasteiger partial charge in [0.15, 0.2) is 0 Å². The van der Waals surface area contributed by atoms with Gasteiger partial charge in [0.1, 0.15) is 17.5 Å². The van der Waals surface area contributed by atoms with E-state index in [1.54, 1.807) is 29.5 Å². The van der Waals surface area contributed by atoms with Gasteiger partial charge in [0.05, 0.1) is 20.3 Å². The van der Waals surface area contributed by atoms with Crippen molar-refractivity contribution in [3.05, 3.63) is 45.1 Å². The Morgan fingerprint density at radius 1 is 0.931 bits per heavy atom. The molecule has 158 valence electrons. The fourth-order valence-corrected chi connectivity index (χ4v) is 4.18. The SMILES string of the molecule is COc1cc(OC)cc(C(=O)NC(C(=O)NC(C)c2cc(C)sc2C)C(C)C)c1. The molecule has 2 unspecified atom stereocenters. The minimum atomic E-state index is -0.665. The number of carbonyl (C=O) groups is 2. The van der Waals surface area contributed by atoms with E-state index < -0.39 is 6.04 Å². The quantitative estimate of drug-likeness (QED) is 0.679. The van der Waals surface area contributed by atoms with Crippen molar-refractivity contribution in [3.8, 4) is 11.5 Å². The molecule has 2 aromatic rings. The van der Waals surface area contributed by atoms with Crippen LogP contribution in [0.25, 0.3) is 0 Å². The van der Waals surface area contributed by atoms with Crippen molar-refractivity contribution >= 4 is 23.2 Å². The number of thiophene rings is 1. The van der Waals surface area contributed by atoms with Gasteiger partial charge in [0.25, 0.3) is 5.91 Å². The van der Waals surface area contributed by atoms with Crippen LogP contribution in [0.15, 0.2) is 24.3 Å². The lowest BCUT2D eigenvalue weighted by atomic mass is 10.0. The molecule has 0 aliphatic heterocycles. The number of carbonyl (C=O) groups excluding carboxylic acids is 2. The summed E-state index contributed by atoms with van der Waals surface area (Å²) < 4.78 is 10.4. The summed E-state index contributed by atoms with van der Waals surface area (Å²) in [6.07, 6.45) is 0. The first-order chi connectivity index (χ1) is 13.7. The van der Waals surface area contributed by atoms with E-state index in [1.807, 2.05) is 27.7 Å². The number of hydrogen-bond donors (Lipinski definition) is 2. The van der Waals surface area contributed by atoms with Crippen molar-refractivity contribution in [1.29, 1.82) is 0 Å². The maximum atomic E-state index is 12.9. The Morgan fingerprint density at radius 2 is 1.52 bits per heavy atom. The van der Waals surface area contributed by atoms with Crippen LogP contribution in [0.2, 0.25) is 0 Å². The van der Waals surface area contributed by atoms with Crippen molar-refractivity contribution in [1.82, 2.24) is 10.6 Å². The second kappa shape index (κ2) is 9.78. The summed E-state index contributed by atoms with van der Waals surface area (Å²) >= 11 is 1.71. The lowest BCUT2D eigenvalue weighted by Crippen LogP contribution is -2.50. The summed E-state index contributed by atoms with van der Waals surface area (Å²) in [6.45, 7) is 9.87. The number of methoxy groups -OCH3 is 2. The zero-order chi connectivity index (χ0) is 21.7. The van der Waals surface area contributed by atoms with Gasteiger partial charge in [-0.05, 0) is 50.5 Å². The molecule has 2 amide bonds. The minimum absolute atomic E-state index is 0.0797. The van der Waals surface area contributed by atoms with Crippen LogP contribution in [0, 0.1) is 19.8 Å². The third-order valence-corrected chi connectivity index (χ3v) is 5.74. The molecule has 6 nitrogen and oxygen atoms in total. The molecule has 1 aromatic heterocycles. The van der Waals surface area contributed by atoms with Gasteiger partial charge in [0.2, 0.25) is 5.91 Å². The number of benzene rings is 1. The number of ether oxygens (including phenoxy) is 2. The fourth-order valence-electron chi connectivity index (χ4n) is 3.16. The molecule has 0 spiro atoms. The summed E-state index contributed by atoms with van der Waals surface area (Å²) in [7, 11) is 3.05. The Morgan fingerprint density at radius 3 is 1.97 bits per heavy atom. The highest BCUT2D eigenvalue weighted by atomic mass is 32.1. The van der Waals surface area contributed by atoms with Gasteiger partial charge in [-0.1, -0.05) is 13.8 Å². The molecular formula is C22H30N2O4S. The average Bonchev–Trinajstić information content (AvgIpc) is 3.03. The smallest absolute Gasteiger partial charge is 0.252 e. The van der Waals surface area contributed by atoms with Crippen LogP contribution in [0.4, 0.5) is 0 Å². The number of rotatable bonds is 8. The van der Waals surface area contributed by atoms with E-state index in [1.165, 1.54) is 24.0 Å². The maximum absolute atomic E-state index is 12.9. The molecular weight excluding hydrogens is 388 g/mol. The first-order valence-electron chi connectivity index (χ1n) is 9.57. The predicted octanol–water partition coefficient (Wildman–Crippen LogP) is 4.01. The predicted molar refractivity (Wildman–Crippen MR) is 116 cm³/mol. The maximum Gasteiger partial charge on any atom is 0.252 e. The lowest BCUT2D eigenvalue weighted by molar-refractivity contribution is -0.124. The zero-order valence-electron chi connectivity index (χ0n) is 18.1. The highest BCUT2D eigenvalue weighted by molar-refractivity contribution is 7.12. The molecule has 1 heterocycles. The minimum Gasteiger partial charge on any atom is -0.497 e. The van der Waals surface area contributed by atoms with Gasteiger partial charge in [-0.3, -0.25) is 9.59 Å². The van der Waals surface area contributed by atoms with Gasteiger partial charge in [0, 0.05) is 21.4 Å². The summed E-state index contributed by atoms with van der Waals surface area (Å²) in [4.78, 5) is 28.1. The Labute approximate surface area is 176 Å². The Kier molecular flexibility index (Phi) is 7.67. The number of amides is 2. The van der Waals surface area contributed by atoms with Crippen LogP contribution in [0.5, 0.6) is 11.5 Å². The Hall–Kier alpha value is -2.54. The molecule has 0 aliphatic carbocycles. The second-order valence-electron chi connectivity index (χ2n) is 7.40. The van der Waals surface area contributed by atoms with Crippen molar-refractivity contribution in [3.63, 3.8) is 0 Å². The van der Waals surface area contributed by atoms with Crippen LogP contribution in [0.1, 0.15) is 52.5 Å². The third kappa shape index (κ3) is 5.73. The van der Waals surface area contributed by atoms with E-state index in [0.717, 1.165) is 5.56 Å². The Bertz CT molecular complexity index is 853. The fraction of sp³-hybridized carbons (Fsp3) is 0.455. The summed E-state index contributed by atoms with van der Waals surface area (Å²) in [6, 6.07) is 6.22. The molecule has 29 heavy (non-hydrogen) atoms. The lowest BCUT2D eigenvalue weighted by Gasteiger charge is -2.24. The highest BCUT2D eigenvalue weighted by Gasteiger charge is 2.27. The van der Waals surface area contributed by atoms with Crippen LogP contribution in [-0.4, -0.2) is 32.1 Å². The van der Waals surface area contributed by atoms with E-state index in [-0.39, 0.29) is 23.8 Å². The van der Waals surface area contributed by atoms with Gasteiger partial charge in [-0.15, -0.1) is 11.3 Å². The van der Waals surface area contributed by atoms with Crippen molar-refractivity contribution in [2.24, 2.45) is 5.92 Å². The van der Waals surface area contributed by atoms with Crippen LogP contribution in [0.3, 0.4) is 0 Å². The summed E-state index contributed by atoms with van der Waals surface area (Å²) in [5, 5.41) is 5.89. The normalized spacial score (nSPS) is 13.0. The molecule has 2 N–H and O–H groups in total. The van der Waals surface area contributed by atoms with E-state index >= 15 is 0 Å². The van der Waals surface area contributed by atoms with Crippen LogP contribution < -0.4 is 20.1 Å². The molecule has 1 aromatic carbocycles. The standard InChI is InChI=1S/C22H30N2O4S/c1-12(2)20(22(26)23-14(4)19-8-13(3)29-15(19)5)24-21(25)16-9-17(27-6)11-18(10-16)28-7/h8-12,14,20H,1-7H3,(H,23,26)(H,24,25). The van der Waals surface area contributed by atoms with E-state index in [4.69, 9.17) is 9.47 Å². The van der Waals surface area contributed by atoms with Crippen molar-refractivity contribution in [2.75, 3.05) is 14.2 Å². The first kappa shape index (κ1) is 22.7. The second-order valence-corrected chi connectivity index (χ2v) is 8.86. The van der Waals surface area contributed by atoms with Gasteiger partial charge in [-0.25, -0.2) is 0 Å². The molecule has 2 rings (SSSR count). The monoisotopic (exact) mass is 418 g/mol. The Balaban J connectivity index is 2.16. The highest BCUT2D eigenvalue weighted by Crippen LogP contribution is 2.26. The summed E-state index contributed by atoms with van der Waals surface area (Å²) in [5.41, 5.74) is 1.48. The molecule has 0 fully saturated rings. The molecule has 0 saturated heterocycles. The van der Waals surface area contributed by atoms with Crippen LogP contribution >= 0.6 is 11.3 Å². The average molecular weight is 419 g/mol. The molecule has 0 saturated carbocycles. The van der Waals surface area contributed by atoms with E-state index in [9.17, 15) is 9.59 Å². The topological polar surface area (TPSA) is 76.7 Å². The van der Waals surface area contributed by atoms with Crippen molar-refractivity contribution < 1.29 is 19.1 Å². The van der Waals surface area contributed by atoms with Crippen molar-refractivity contribution in [2.45, 2.75) is 46.7 Å². The largest absolute Gasteiger partial charge is 0.497 e. The van der Waals surface area contributed by atoms with Gasteiger partial charge < -0.3 is 20.1 Å². The van der Waals surface area contributed by atoms with Gasteiger partial charge in [-0.2, -0.15) is 0 Å².